The van der Waals surface area contributed by atoms with Crippen LogP contribution in [0.2, 0.25) is 0 Å². The van der Waals surface area contributed by atoms with Crippen LogP contribution < -0.4 is 5.32 Å². The van der Waals surface area contributed by atoms with Crippen LogP contribution in [0, 0.1) is 0 Å². The summed E-state index contributed by atoms with van der Waals surface area (Å²) in [6.45, 7) is 3.45. The molecule has 0 saturated carbocycles. The van der Waals surface area contributed by atoms with E-state index in [0.29, 0.717) is 16.7 Å². The number of hydrogen-bond acceptors (Lipinski definition) is 6. The second kappa shape index (κ2) is 6.63. The Bertz CT molecular complexity index is 524. The van der Waals surface area contributed by atoms with E-state index in [4.69, 9.17) is 0 Å². The Balaban J connectivity index is 1.90. The summed E-state index contributed by atoms with van der Waals surface area (Å²) in [4.78, 5) is 15.1. The van der Waals surface area contributed by atoms with Crippen molar-refractivity contribution in [2.75, 3.05) is 25.5 Å². The van der Waals surface area contributed by atoms with Crippen LogP contribution in [0.5, 0.6) is 0 Å². The molecule has 7 heteroatoms. The van der Waals surface area contributed by atoms with Gasteiger partial charge in [0, 0.05) is 25.0 Å². The highest BCUT2D eigenvalue weighted by atomic mass is 32.1. The van der Waals surface area contributed by atoms with Gasteiger partial charge in [0.15, 0.2) is 0 Å². The van der Waals surface area contributed by atoms with E-state index < -0.39 is 0 Å². The average molecular weight is 296 g/mol. The summed E-state index contributed by atoms with van der Waals surface area (Å²) in [5.74, 6) is -0.0711. The van der Waals surface area contributed by atoms with Crippen LogP contribution in [0.4, 0.5) is 5.13 Å². The molecular weight excluding hydrogens is 280 g/mol. The minimum Gasteiger partial charge on any atom is -0.360 e. The van der Waals surface area contributed by atoms with E-state index in [-0.39, 0.29) is 5.91 Å². The highest BCUT2D eigenvalue weighted by Gasteiger charge is 2.17. The van der Waals surface area contributed by atoms with E-state index in [0.717, 1.165) is 13.0 Å². The molecule has 0 aliphatic rings. The number of carbonyl (C=O) groups excluding carboxylic acids is 1. The van der Waals surface area contributed by atoms with Crippen molar-refractivity contribution in [1.29, 1.82) is 0 Å². The second-order valence-electron chi connectivity index (χ2n) is 4.00. The maximum Gasteiger partial charge on any atom is 0.284 e. The number of thiophene rings is 1. The molecule has 0 saturated heterocycles. The number of amides is 1. The van der Waals surface area contributed by atoms with Crippen molar-refractivity contribution in [1.82, 2.24) is 15.1 Å². The molecule has 0 fully saturated rings. The predicted molar refractivity (Wildman–Crippen MR) is 79.1 cm³/mol. The van der Waals surface area contributed by atoms with Gasteiger partial charge in [-0.05, 0) is 24.8 Å². The summed E-state index contributed by atoms with van der Waals surface area (Å²) in [6.07, 6.45) is 0.874. The maximum atomic E-state index is 12.1. The van der Waals surface area contributed by atoms with Crippen molar-refractivity contribution in [3.8, 4) is 0 Å². The Morgan fingerprint density at radius 1 is 1.47 bits per heavy atom. The molecule has 19 heavy (non-hydrogen) atoms. The lowest BCUT2D eigenvalue weighted by Gasteiger charge is -2.14. The molecule has 0 spiro atoms. The first-order valence-corrected chi connectivity index (χ1v) is 7.75. The zero-order valence-corrected chi connectivity index (χ0v) is 12.6. The van der Waals surface area contributed by atoms with Crippen LogP contribution in [-0.4, -0.2) is 41.1 Å². The Hall–Kier alpha value is -1.47. The van der Waals surface area contributed by atoms with Crippen LogP contribution in [0.15, 0.2) is 17.5 Å². The van der Waals surface area contributed by atoms with E-state index in [1.807, 2.05) is 18.4 Å². The Morgan fingerprint density at radius 2 is 2.32 bits per heavy atom. The van der Waals surface area contributed by atoms with Crippen LogP contribution in [0.1, 0.15) is 21.6 Å². The molecular formula is C12H16N4OS2. The molecule has 0 atom stereocenters. The standard InChI is InChI=1S/C12H16N4OS2/c1-3-13-12-15-14-10(19-12)11(17)16(2)7-6-9-5-4-8-18-9/h4-5,8H,3,6-7H2,1-2H3,(H,13,15). The van der Waals surface area contributed by atoms with Crippen molar-refractivity contribution in [2.45, 2.75) is 13.3 Å². The van der Waals surface area contributed by atoms with E-state index in [2.05, 4.69) is 21.6 Å². The number of anilines is 1. The zero-order valence-electron chi connectivity index (χ0n) is 10.9. The number of nitrogens with zero attached hydrogens (tertiary/aromatic N) is 3. The highest BCUT2D eigenvalue weighted by molar-refractivity contribution is 7.17. The van der Waals surface area contributed by atoms with Crippen molar-refractivity contribution in [3.05, 3.63) is 27.4 Å². The normalized spacial score (nSPS) is 10.4. The molecule has 2 aromatic rings. The molecule has 2 rings (SSSR count). The topological polar surface area (TPSA) is 58.1 Å². The number of aromatic nitrogens is 2. The molecule has 1 amide bonds. The second-order valence-corrected chi connectivity index (χ2v) is 6.01. The summed E-state index contributed by atoms with van der Waals surface area (Å²) in [5, 5.41) is 14.1. The van der Waals surface area contributed by atoms with Gasteiger partial charge >= 0.3 is 0 Å². The van der Waals surface area contributed by atoms with E-state index in [1.54, 1.807) is 23.3 Å². The van der Waals surface area contributed by atoms with Gasteiger partial charge in [0.25, 0.3) is 5.91 Å². The summed E-state index contributed by atoms with van der Waals surface area (Å²) < 4.78 is 0. The van der Waals surface area contributed by atoms with Gasteiger partial charge in [-0.15, -0.1) is 21.5 Å². The van der Waals surface area contributed by atoms with Gasteiger partial charge in [-0.1, -0.05) is 17.4 Å². The average Bonchev–Trinajstić information content (AvgIpc) is 3.06. The van der Waals surface area contributed by atoms with Gasteiger partial charge in [0.05, 0.1) is 0 Å². The van der Waals surface area contributed by atoms with Crippen LogP contribution in [0.25, 0.3) is 0 Å². The largest absolute Gasteiger partial charge is 0.360 e. The lowest BCUT2D eigenvalue weighted by atomic mass is 10.3. The monoisotopic (exact) mass is 296 g/mol. The smallest absolute Gasteiger partial charge is 0.284 e. The number of carbonyl (C=O) groups is 1. The fraction of sp³-hybridized carbons (Fsp3) is 0.417. The lowest BCUT2D eigenvalue weighted by molar-refractivity contribution is 0.0795. The van der Waals surface area contributed by atoms with Gasteiger partial charge in [-0.2, -0.15) is 0 Å². The third-order valence-corrected chi connectivity index (χ3v) is 4.36. The molecule has 1 N–H and O–H groups in total. The van der Waals surface area contributed by atoms with Gasteiger partial charge in [0.1, 0.15) is 0 Å². The molecule has 0 aliphatic heterocycles. The van der Waals surface area contributed by atoms with Crippen LogP contribution in [-0.2, 0) is 6.42 Å². The zero-order chi connectivity index (χ0) is 13.7. The lowest BCUT2D eigenvalue weighted by Crippen LogP contribution is -2.28. The van der Waals surface area contributed by atoms with Gasteiger partial charge in [-0.25, -0.2) is 0 Å². The molecule has 0 unspecified atom stereocenters. The van der Waals surface area contributed by atoms with Crippen LogP contribution in [0.3, 0.4) is 0 Å². The maximum absolute atomic E-state index is 12.1. The summed E-state index contributed by atoms with van der Waals surface area (Å²) in [6, 6.07) is 4.10. The number of rotatable bonds is 6. The van der Waals surface area contributed by atoms with Crippen molar-refractivity contribution in [2.24, 2.45) is 0 Å². The highest BCUT2D eigenvalue weighted by Crippen LogP contribution is 2.17. The Labute approximate surface area is 120 Å². The first-order chi connectivity index (χ1) is 9.20. The Kier molecular flexibility index (Phi) is 4.86. The van der Waals surface area contributed by atoms with Gasteiger partial charge < -0.3 is 10.2 Å². The molecule has 2 aromatic heterocycles. The van der Waals surface area contributed by atoms with E-state index in [1.165, 1.54) is 16.2 Å². The molecule has 2 heterocycles. The quantitative estimate of drug-likeness (QED) is 0.889. The van der Waals surface area contributed by atoms with Crippen LogP contribution >= 0.6 is 22.7 Å². The Morgan fingerprint density at radius 3 is 3.00 bits per heavy atom. The van der Waals surface area contributed by atoms with Crippen molar-refractivity contribution >= 4 is 33.7 Å². The van der Waals surface area contributed by atoms with Gasteiger partial charge in [-0.3, -0.25) is 4.79 Å². The molecule has 0 aromatic carbocycles. The fourth-order valence-electron chi connectivity index (χ4n) is 1.53. The first kappa shape index (κ1) is 14.0. The molecule has 0 bridgehead atoms. The predicted octanol–water partition coefficient (Wildman–Crippen LogP) is 2.35. The van der Waals surface area contributed by atoms with Crippen molar-refractivity contribution < 1.29 is 4.79 Å². The number of nitrogens with one attached hydrogen (secondary N) is 1. The third-order valence-electron chi connectivity index (χ3n) is 2.56. The molecule has 5 nitrogen and oxygen atoms in total. The molecule has 0 aliphatic carbocycles. The van der Waals surface area contributed by atoms with E-state index >= 15 is 0 Å². The van der Waals surface area contributed by atoms with Crippen molar-refractivity contribution in [3.63, 3.8) is 0 Å². The fourth-order valence-corrected chi connectivity index (χ4v) is 3.03. The summed E-state index contributed by atoms with van der Waals surface area (Å²) in [5.41, 5.74) is 0. The summed E-state index contributed by atoms with van der Waals surface area (Å²) in [7, 11) is 1.80. The summed E-state index contributed by atoms with van der Waals surface area (Å²) >= 11 is 3.01. The van der Waals surface area contributed by atoms with Gasteiger partial charge in [0.2, 0.25) is 10.1 Å². The van der Waals surface area contributed by atoms with E-state index in [9.17, 15) is 4.79 Å². The SMILES string of the molecule is CCNc1nnc(C(=O)N(C)CCc2cccs2)s1. The number of likely N-dealkylation sites (N-methyl/N-ethyl adjacent to an activating group) is 1. The molecule has 102 valence electrons. The minimum absolute atomic E-state index is 0.0711. The third kappa shape index (κ3) is 3.74. The first-order valence-electron chi connectivity index (χ1n) is 6.06. The number of hydrogen-bond donors (Lipinski definition) is 1. The minimum atomic E-state index is -0.0711. The molecule has 0 radical (unpaired) electrons.